The van der Waals surface area contributed by atoms with Crippen LogP contribution in [0.25, 0.3) is 0 Å². The monoisotopic (exact) mass is 193 g/mol. The largest absolute Gasteiger partial charge is 0.373 e. The molecule has 1 saturated heterocycles. The van der Waals surface area contributed by atoms with Crippen LogP contribution in [-0.4, -0.2) is 17.6 Å². The molecular formula is C10H11NO3. The second kappa shape index (κ2) is 3.75. The van der Waals surface area contributed by atoms with Crippen LogP contribution >= 0.6 is 0 Å². The summed E-state index contributed by atoms with van der Waals surface area (Å²) in [5.41, 5.74) is 1.28. The maximum absolute atomic E-state index is 10.4. The van der Waals surface area contributed by atoms with Crippen LogP contribution in [0, 0.1) is 10.1 Å². The van der Waals surface area contributed by atoms with Gasteiger partial charge in [0.1, 0.15) is 0 Å². The van der Waals surface area contributed by atoms with E-state index in [9.17, 15) is 10.1 Å². The maximum atomic E-state index is 10.4. The van der Waals surface area contributed by atoms with Crippen molar-refractivity contribution in [3.05, 3.63) is 39.9 Å². The Labute approximate surface area is 81.7 Å². The highest BCUT2D eigenvalue weighted by Crippen LogP contribution is 2.18. The van der Waals surface area contributed by atoms with Gasteiger partial charge in [0.25, 0.3) is 5.69 Å². The highest BCUT2D eigenvalue weighted by atomic mass is 16.6. The summed E-state index contributed by atoms with van der Waals surface area (Å²) in [6, 6.07) is 6.70. The molecule has 0 N–H and O–H groups in total. The molecule has 4 heteroatoms. The Balaban J connectivity index is 1.94. The zero-order valence-corrected chi connectivity index (χ0v) is 7.68. The van der Waals surface area contributed by atoms with Crippen molar-refractivity contribution in [2.24, 2.45) is 0 Å². The van der Waals surface area contributed by atoms with Gasteiger partial charge in [-0.25, -0.2) is 0 Å². The van der Waals surface area contributed by atoms with E-state index in [1.807, 2.05) is 0 Å². The van der Waals surface area contributed by atoms with Crippen LogP contribution in [-0.2, 0) is 11.2 Å². The lowest BCUT2D eigenvalue weighted by molar-refractivity contribution is -0.384. The summed E-state index contributed by atoms with van der Waals surface area (Å²) in [5.74, 6) is 0. The molecule has 1 aliphatic heterocycles. The van der Waals surface area contributed by atoms with E-state index in [0.717, 1.165) is 25.0 Å². The Hall–Kier alpha value is -1.42. The average Bonchev–Trinajstić information content (AvgIpc) is 2.99. The average molecular weight is 193 g/mol. The van der Waals surface area contributed by atoms with E-state index >= 15 is 0 Å². The van der Waals surface area contributed by atoms with Crippen LogP contribution in [0.3, 0.4) is 0 Å². The van der Waals surface area contributed by atoms with Crippen LogP contribution in [0.5, 0.6) is 0 Å². The van der Waals surface area contributed by atoms with Gasteiger partial charge < -0.3 is 4.74 Å². The molecule has 1 unspecified atom stereocenters. The van der Waals surface area contributed by atoms with E-state index in [2.05, 4.69) is 0 Å². The molecule has 1 heterocycles. The smallest absolute Gasteiger partial charge is 0.269 e. The molecule has 0 bridgehead atoms. The molecule has 0 saturated carbocycles. The first-order chi connectivity index (χ1) is 6.75. The van der Waals surface area contributed by atoms with E-state index in [-0.39, 0.29) is 10.6 Å². The minimum atomic E-state index is -0.381. The van der Waals surface area contributed by atoms with Crippen molar-refractivity contribution < 1.29 is 9.66 Å². The maximum Gasteiger partial charge on any atom is 0.269 e. The molecule has 1 aromatic rings. The highest BCUT2D eigenvalue weighted by molar-refractivity contribution is 5.32. The third-order valence-corrected chi connectivity index (χ3v) is 2.30. The molecule has 0 radical (unpaired) electrons. The lowest BCUT2D eigenvalue weighted by Crippen LogP contribution is -1.92. The number of non-ortho nitro benzene ring substituents is 1. The number of epoxide rings is 1. The van der Waals surface area contributed by atoms with Crippen molar-refractivity contribution in [3.63, 3.8) is 0 Å². The second-order valence-corrected chi connectivity index (χ2v) is 3.42. The van der Waals surface area contributed by atoms with Crippen LogP contribution in [0.15, 0.2) is 24.3 Å². The number of nitro groups is 1. The van der Waals surface area contributed by atoms with E-state index in [1.165, 1.54) is 0 Å². The third kappa shape index (κ3) is 2.29. The summed E-state index contributed by atoms with van der Waals surface area (Å²) in [6.45, 7) is 0.868. The summed E-state index contributed by atoms with van der Waals surface area (Å²) >= 11 is 0. The summed E-state index contributed by atoms with van der Waals surface area (Å²) in [6.07, 6.45) is 2.37. The van der Waals surface area contributed by atoms with Gasteiger partial charge in [-0.15, -0.1) is 0 Å². The van der Waals surface area contributed by atoms with Crippen LogP contribution in [0.4, 0.5) is 5.69 Å². The van der Waals surface area contributed by atoms with Gasteiger partial charge in [0, 0.05) is 12.1 Å². The topological polar surface area (TPSA) is 55.7 Å². The van der Waals surface area contributed by atoms with Crippen molar-refractivity contribution in [3.8, 4) is 0 Å². The highest BCUT2D eigenvalue weighted by Gasteiger charge is 2.21. The molecule has 4 nitrogen and oxygen atoms in total. The van der Waals surface area contributed by atoms with Gasteiger partial charge in [-0.3, -0.25) is 10.1 Å². The Morgan fingerprint density at radius 3 is 2.57 bits per heavy atom. The Morgan fingerprint density at radius 1 is 1.43 bits per heavy atom. The predicted molar refractivity (Wildman–Crippen MR) is 51.2 cm³/mol. The van der Waals surface area contributed by atoms with Gasteiger partial charge in [0.2, 0.25) is 0 Å². The number of rotatable bonds is 4. The number of nitrogens with zero attached hydrogens (tertiary/aromatic N) is 1. The second-order valence-electron chi connectivity index (χ2n) is 3.42. The molecule has 0 spiro atoms. The molecule has 0 aliphatic carbocycles. The number of hydrogen-bond donors (Lipinski definition) is 0. The van der Waals surface area contributed by atoms with E-state index in [1.54, 1.807) is 24.3 Å². The van der Waals surface area contributed by atoms with Crippen molar-refractivity contribution in [2.45, 2.75) is 18.9 Å². The van der Waals surface area contributed by atoms with Crippen molar-refractivity contribution in [1.29, 1.82) is 0 Å². The van der Waals surface area contributed by atoms with Crippen LogP contribution in [0.2, 0.25) is 0 Å². The minimum absolute atomic E-state index is 0.149. The molecule has 0 amide bonds. The predicted octanol–water partition coefficient (Wildman–Crippen LogP) is 1.93. The lowest BCUT2D eigenvalue weighted by atomic mass is 10.1. The number of ether oxygens (including phenoxy) is 1. The van der Waals surface area contributed by atoms with Crippen molar-refractivity contribution >= 4 is 5.69 Å². The molecule has 1 fully saturated rings. The van der Waals surface area contributed by atoms with E-state index in [4.69, 9.17) is 4.74 Å². The fourth-order valence-corrected chi connectivity index (χ4v) is 1.35. The Kier molecular flexibility index (Phi) is 2.45. The SMILES string of the molecule is O=[N+]([O-])c1ccc(CCC2CO2)cc1. The van der Waals surface area contributed by atoms with Gasteiger partial charge in [0.15, 0.2) is 0 Å². The summed E-state index contributed by atoms with van der Waals surface area (Å²) in [4.78, 5) is 9.99. The first kappa shape index (κ1) is 9.15. The molecule has 1 atom stereocenters. The summed E-state index contributed by atoms with van der Waals surface area (Å²) in [5, 5.41) is 10.4. The number of nitro benzene ring substituents is 1. The fraction of sp³-hybridized carbons (Fsp3) is 0.400. The van der Waals surface area contributed by atoms with Gasteiger partial charge in [-0.1, -0.05) is 12.1 Å². The summed E-state index contributed by atoms with van der Waals surface area (Å²) < 4.78 is 5.08. The van der Waals surface area contributed by atoms with E-state index < -0.39 is 0 Å². The lowest BCUT2D eigenvalue weighted by Gasteiger charge is -1.98. The fourth-order valence-electron chi connectivity index (χ4n) is 1.35. The molecule has 1 aliphatic rings. The zero-order valence-electron chi connectivity index (χ0n) is 7.68. The molecule has 1 aromatic carbocycles. The minimum Gasteiger partial charge on any atom is -0.373 e. The van der Waals surface area contributed by atoms with Gasteiger partial charge in [-0.05, 0) is 18.4 Å². The first-order valence-corrected chi connectivity index (χ1v) is 4.60. The molecule has 0 aromatic heterocycles. The molecule has 14 heavy (non-hydrogen) atoms. The van der Waals surface area contributed by atoms with Gasteiger partial charge in [0.05, 0.1) is 17.6 Å². The summed E-state index contributed by atoms with van der Waals surface area (Å²) in [7, 11) is 0. The quantitative estimate of drug-likeness (QED) is 0.417. The number of aryl methyl sites for hydroxylation is 1. The van der Waals surface area contributed by atoms with Crippen LogP contribution < -0.4 is 0 Å². The molecular weight excluding hydrogens is 182 g/mol. The Bertz CT molecular complexity index is 330. The number of benzene rings is 1. The Morgan fingerprint density at radius 2 is 2.07 bits per heavy atom. The first-order valence-electron chi connectivity index (χ1n) is 4.60. The van der Waals surface area contributed by atoms with Gasteiger partial charge >= 0.3 is 0 Å². The van der Waals surface area contributed by atoms with E-state index in [0.29, 0.717) is 6.10 Å². The zero-order chi connectivity index (χ0) is 9.97. The van der Waals surface area contributed by atoms with Crippen molar-refractivity contribution in [2.75, 3.05) is 6.61 Å². The molecule has 74 valence electrons. The molecule has 2 rings (SSSR count). The van der Waals surface area contributed by atoms with Crippen molar-refractivity contribution in [1.82, 2.24) is 0 Å². The number of hydrogen-bond acceptors (Lipinski definition) is 3. The normalized spacial score (nSPS) is 19.3. The van der Waals surface area contributed by atoms with Gasteiger partial charge in [-0.2, -0.15) is 0 Å². The third-order valence-electron chi connectivity index (χ3n) is 2.30. The standard InChI is InChI=1S/C10H11NO3/c12-11(13)9-4-1-8(2-5-9)3-6-10-7-14-10/h1-2,4-5,10H,3,6-7H2. The van der Waals surface area contributed by atoms with Crippen LogP contribution in [0.1, 0.15) is 12.0 Å².